The third kappa shape index (κ3) is 3.73. The van der Waals surface area contributed by atoms with Crippen LogP contribution in [0.25, 0.3) is 0 Å². The topological polar surface area (TPSA) is 77.1 Å². The Balaban J connectivity index is 1.39. The third-order valence-electron chi connectivity index (χ3n) is 5.76. The highest BCUT2D eigenvalue weighted by atomic mass is 16.7. The van der Waals surface area contributed by atoms with Crippen LogP contribution < -0.4 is 19.5 Å². The first kappa shape index (κ1) is 19.9. The molecular weight excluding hydrogens is 408 g/mol. The Labute approximate surface area is 185 Å². The molecule has 7 heteroatoms. The maximum atomic E-state index is 13.1. The van der Waals surface area contributed by atoms with Crippen LogP contribution in [0.4, 0.5) is 5.69 Å². The van der Waals surface area contributed by atoms with Gasteiger partial charge in [0.1, 0.15) is 5.75 Å². The van der Waals surface area contributed by atoms with Crippen LogP contribution in [0.2, 0.25) is 0 Å². The molecule has 1 N–H and O–H groups in total. The zero-order valence-corrected chi connectivity index (χ0v) is 17.5. The minimum atomic E-state index is -0.421. The highest BCUT2D eigenvalue weighted by Gasteiger charge is 2.34. The highest BCUT2D eigenvalue weighted by Crippen LogP contribution is 2.36. The van der Waals surface area contributed by atoms with Crippen molar-refractivity contribution in [2.24, 2.45) is 0 Å². The molecule has 3 aromatic carbocycles. The number of nitrogens with one attached hydrogen (secondary N) is 1. The Morgan fingerprint density at radius 1 is 1.06 bits per heavy atom. The number of hydrogen-bond donors (Lipinski definition) is 1. The lowest BCUT2D eigenvalue weighted by molar-refractivity contribution is -0.117. The quantitative estimate of drug-likeness (QED) is 0.636. The zero-order valence-electron chi connectivity index (χ0n) is 17.5. The Morgan fingerprint density at radius 3 is 2.62 bits per heavy atom. The second kappa shape index (κ2) is 8.26. The van der Waals surface area contributed by atoms with E-state index in [4.69, 9.17) is 14.2 Å². The second-order valence-corrected chi connectivity index (χ2v) is 7.70. The van der Waals surface area contributed by atoms with Gasteiger partial charge in [0.05, 0.1) is 19.6 Å². The summed E-state index contributed by atoms with van der Waals surface area (Å²) in [7, 11) is 1.60. The molecule has 3 aromatic rings. The molecule has 5 rings (SSSR count). The lowest BCUT2D eigenvalue weighted by Crippen LogP contribution is -2.32. The second-order valence-electron chi connectivity index (χ2n) is 7.70. The molecule has 0 aromatic heterocycles. The van der Waals surface area contributed by atoms with Crippen LogP contribution in [-0.2, 0) is 11.3 Å². The van der Waals surface area contributed by atoms with E-state index in [1.165, 1.54) is 0 Å². The molecular formula is C25H22N2O5. The molecule has 2 amide bonds. The lowest BCUT2D eigenvalue weighted by Gasteiger charge is -2.28. The van der Waals surface area contributed by atoms with Gasteiger partial charge < -0.3 is 24.4 Å². The van der Waals surface area contributed by atoms with Crippen molar-refractivity contribution >= 4 is 17.5 Å². The molecule has 162 valence electrons. The Hall–Kier alpha value is -4.00. The molecule has 0 saturated carbocycles. The summed E-state index contributed by atoms with van der Waals surface area (Å²) in [4.78, 5) is 27.9. The first-order valence-electron chi connectivity index (χ1n) is 10.3. The van der Waals surface area contributed by atoms with E-state index in [0.29, 0.717) is 35.0 Å². The number of hydrogen-bond acceptors (Lipinski definition) is 5. The van der Waals surface area contributed by atoms with E-state index in [2.05, 4.69) is 5.32 Å². The fourth-order valence-corrected chi connectivity index (χ4v) is 4.12. The summed E-state index contributed by atoms with van der Waals surface area (Å²) in [5.74, 6) is 1.69. The highest BCUT2D eigenvalue weighted by molar-refractivity contribution is 5.99. The average molecular weight is 430 g/mol. The molecule has 7 nitrogen and oxygen atoms in total. The third-order valence-corrected chi connectivity index (χ3v) is 5.76. The Kier molecular flexibility index (Phi) is 5.15. The fourth-order valence-electron chi connectivity index (χ4n) is 4.12. The van der Waals surface area contributed by atoms with Gasteiger partial charge in [-0.15, -0.1) is 0 Å². The van der Waals surface area contributed by atoms with Gasteiger partial charge in [-0.05, 0) is 41.5 Å². The normalized spacial score (nSPS) is 14.8. The molecule has 0 saturated heterocycles. The molecule has 32 heavy (non-hydrogen) atoms. The van der Waals surface area contributed by atoms with Gasteiger partial charge in [-0.2, -0.15) is 0 Å². The van der Waals surface area contributed by atoms with E-state index in [1.54, 1.807) is 30.2 Å². The molecule has 2 aliphatic rings. The van der Waals surface area contributed by atoms with Crippen LogP contribution >= 0.6 is 0 Å². The summed E-state index contributed by atoms with van der Waals surface area (Å²) in [5.41, 5.74) is 3.13. The van der Waals surface area contributed by atoms with Crippen molar-refractivity contribution < 1.29 is 23.8 Å². The molecule has 0 bridgehead atoms. The maximum absolute atomic E-state index is 13.1. The van der Waals surface area contributed by atoms with Crippen molar-refractivity contribution in [1.29, 1.82) is 0 Å². The molecule has 0 fully saturated rings. The summed E-state index contributed by atoms with van der Waals surface area (Å²) in [5, 5.41) is 2.92. The first-order chi connectivity index (χ1) is 15.6. The van der Waals surface area contributed by atoms with Gasteiger partial charge in [-0.25, -0.2) is 0 Å². The van der Waals surface area contributed by atoms with Crippen molar-refractivity contribution in [2.45, 2.75) is 19.0 Å². The minimum Gasteiger partial charge on any atom is -0.497 e. The van der Waals surface area contributed by atoms with E-state index < -0.39 is 6.04 Å². The van der Waals surface area contributed by atoms with E-state index in [-0.39, 0.29) is 25.0 Å². The molecule has 0 aliphatic carbocycles. The van der Waals surface area contributed by atoms with E-state index in [1.807, 2.05) is 48.5 Å². The number of ether oxygens (including phenoxy) is 3. The summed E-state index contributed by atoms with van der Waals surface area (Å²) < 4.78 is 16.0. The molecule has 0 spiro atoms. The van der Waals surface area contributed by atoms with Gasteiger partial charge in [0.25, 0.3) is 5.91 Å². The smallest absolute Gasteiger partial charge is 0.255 e. The summed E-state index contributed by atoms with van der Waals surface area (Å²) in [6.45, 7) is 0.632. The van der Waals surface area contributed by atoms with E-state index in [9.17, 15) is 9.59 Å². The maximum Gasteiger partial charge on any atom is 0.255 e. The van der Waals surface area contributed by atoms with Gasteiger partial charge in [-0.3, -0.25) is 9.59 Å². The van der Waals surface area contributed by atoms with Crippen LogP contribution in [0.5, 0.6) is 17.2 Å². The number of amides is 2. The van der Waals surface area contributed by atoms with Crippen LogP contribution in [0.1, 0.15) is 33.9 Å². The summed E-state index contributed by atoms with van der Waals surface area (Å²) >= 11 is 0. The summed E-state index contributed by atoms with van der Waals surface area (Å²) in [6, 6.07) is 19.9. The average Bonchev–Trinajstić information content (AvgIpc) is 3.42. The molecule has 1 unspecified atom stereocenters. The number of fused-ring (bicyclic) bond motifs is 2. The fraction of sp³-hybridized carbons (Fsp3) is 0.200. The number of carbonyl (C=O) groups is 2. The number of benzene rings is 3. The van der Waals surface area contributed by atoms with Gasteiger partial charge in [0.2, 0.25) is 12.7 Å². The van der Waals surface area contributed by atoms with Crippen LogP contribution in [0, 0.1) is 0 Å². The van der Waals surface area contributed by atoms with Crippen LogP contribution in [-0.4, -0.2) is 30.6 Å². The summed E-state index contributed by atoms with van der Waals surface area (Å²) in [6.07, 6.45) is 0.112. The predicted octanol–water partition coefficient (Wildman–Crippen LogP) is 4.15. The molecule has 0 radical (unpaired) electrons. The molecule has 2 aliphatic heterocycles. The number of carbonyl (C=O) groups excluding carboxylic acids is 2. The molecule has 1 atom stereocenters. The zero-order chi connectivity index (χ0) is 22.1. The van der Waals surface area contributed by atoms with Crippen molar-refractivity contribution in [3.8, 4) is 17.2 Å². The lowest BCUT2D eigenvalue weighted by atomic mass is 10.0. The van der Waals surface area contributed by atoms with Gasteiger partial charge in [0.15, 0.2) is 11.5 Å². The van der Waals surface area contributed by atoms with Gasteiger partial charge in [0, 0.05) is 23.9 Å². The Morgan fingerprint density at radius 2 is 1.84 bits per heavy atom. The SMILES string of the molecule is COc1ccc(C(CC(=O)Nc2ccc3c(c2)OCO3)N2Cc3ccccc3C2=O)cc1. The van der Waals surface area contributed by atoms with Crippen molar-refractivity contribution in [3.05, 3.63) is 83.4 Å². The minimum absolute atomic E-state index is 0.0719. The monoisotopic (exact) mass is 430 g/mol. The van der Waals surface area contributed by atoms with Crippen LogP contribution in [0.15, 0.2) is 66.7 Å². The number of rotatable bonds is 6. The predicted molar refractivity (Wildman–Crippen MR) is 118 cm³/mol. The van der Waals surface area contributed by atoms with E-state index >= 15 is 0 Å². The first-order valence-corrected chi connectivity index (χ1v) is 10.3. The van der Waals surface area contributed by atoms with Gasteiger partial charge in [-0.1, -0.05) is 30.3 Å². The Bertz CT molecular complexity index is 1180. The number of nitrogens with zero attached hydrogens (tertiary/aromatic N) is 1. The standard InChI is InChI=1S/C25H22N2O5/c1-30-19-9-6-16(7-10-19)21(27-14-17-4-2-3-5-20(17)25(27)29)13-24(28)26-18-8-11-22-23(12-18)32-15-31-22/h2-12,21H,13-15H2,1H3,(H,26,28). The van der Waals surface area contributed by atoms with Crippen LogP contribution in [0.3, 0.4) is 0 Å². The van der Waals surface area contributed by atoms with Gasteiger partial charge >= 0.3 is 0 Å². The van der Waals surface area contributed by atoms with E-state index in [0.717, 1.165) is 11.1 Å². The largest absolute Gasteiger partial charge is 0.497 e. The van der Waals surface area contributed by atoms with Crippen molar-refractivity contribution in [1.82, 2.24) is 4.90 Å². The van der Waals surface area contributed by atoms with Crippen molar-refractivity contribution in [3.63, 3.8) is 0 Å². The molecule has 2 heterocycles. The van der Waals surface area contributed by atoms with Crippen molar-refractivity contribution in [2.75, 3.05) is 19.2 Å². The number of anilines is 1. The number of methoxy groups -OCH3 is 1.